The van der Waals surface area contributed by atoms with Crippen molar-refractivity contribution in [3.05, 3.63) is 66.0 Å². The van der Waals surface area contributed by atoms with Gasteiger partial charge in [-0.3, -0.25) is 9.10 Å². The number of ether oxygens (including phenoxy) is 1. The van der Waals surface area contributed by atoms with E-state index in [4.69, 9.17) is 4.74 Å². The van der Waals surface area contributed by atoms with Crippen LogP contribution in [0.3, 0.4) is 0 Å². The molecular weight excluding hydrogens is 383 g/mol. The molecule has 0 aromatic heterocycles. The summed E-state index contributed by atoms with van der Waals surface area (Å²) in [5.74, 6) is -0.821. The Labute approximate surface area is 165 Å². The van der Waals surface area contributed by atoms with Gasteiger partial charge >= 0.3 is 0 Å². The van der Waals surface area contributed by atoms with E-state index < -0.39 is 15.8 Å². The van der Waals surface area contributed by atoms with Crippen LogP contribution in [-0.2, 0) is 26.2 Å². The number of para-hydroxylation sites is 1. The molecule has 2 aromatic rings. The number of amides is 1. The van der Waals surface area contributed by atoms with Gasteiger partial charge in [-0.15, -0.1) is 0 Å². The molecule has 1 amide bonds. The van der Waals surface area contributed by atoms with E-state index in [-0.39, 0.29) is 31.0 Å². The van der Waals surface area contributed by atoms with Gasteiger partial charge in [-0.05, 0) is 24.1 Å². The van der Waals surface area contributed by atoms with Crippen LogP contribution >= 0.6 is 0 Å². The third-order valence-corrected chi connectivity index (χ3v) is 5.15. The topological polar surface area (TPSA) is 75.7 Å². The molecule has 8 heteroatoms. The summed E-state index contributed by atoms with van der Waals surface area (Å²) < 4.78 is 44.3. The van der Waals surface area contributed by atoms with Crippen LogP contribution in [0, 0.1) is 5.82 Å². The molecule has 0 spiro atoms. The molecule has 6 nitrogen and oxygen atoms in total. The second-order valence-corrected chi connectivity index (χ2v) is 8.19. The Balaban J connectivity index is 1.70. The Kier molecular flexibility index (Phi) is 8.41. The Hall–Kier alpha value is -2.45. The van der Waals surface area contributed by atoms with Crippen molar-refractivity contribution in [1.82, 2.24) is 5.32 Å². The van der Waals surface area contributed by atoms with E-state index in [0.29, 0.717) is 19.8 Å². The highest BCUT2D eigenvalue weighted by molar-refractivity contribution is 7.92. The van der Waals surface area contributed by atoms with E-state index in [2.05, 4.69) is 5.32 Å². The average Bonchev–Trinajstić information content (AvgIpc) is 2.66. The number of halogens is 1. The predicted molar refractivity (Wildman–Crippen MR) is 107 cm³/mol. The maximum absolute atomic E-state index is 13.9. The molecule has 0 aliphatic carbocycles. The molecule has 0 aliphatic heterocycles. The van der Waals surface area contributed by atoms with Gasteiger partial charge in [0.1, 0.15) is 5.82 Å². The second-order valence-electron chi connectivity index (χ2n) is 6.28. The minimum Gasteiger partial charge on any atom is -0.375 e. The van der Waals surface area contributed by atoms with Crippen molar-refractivity contribution in [2.75, 3.05) is 30.3 Å². The van der Waals surface area contributed by atoms with E-state index in [1.807, 2.05) is 30.3 Å². The number of hydrogen-bond acceptors (Lipinski definition) is 4. The van der Waals surface area contributed by atoms with Crippen LogP contribution in [0.1, 0.15) is 18.4 Å². The molecule has 1 N–H and O–H groups in total. The summed E-state index contributed by atoms with van der Waals surface area (Å²) >= 11 is 0. The van der Waals surface area contributed by atoms with Crippen LogP contribution in [0.5, 0.6) is 0 Å². The maximum atomic E-state index is 13.9. The molecule has 0 fully saturated rings. The summed E-state index contributed by atoms with van der Waals surface area (Å²) in [6, 6.07) is 15.4. The lowest BCUT2D eigenvalue weighted by Crippen LogP contribution is -2.33. The van der Waals surface area contributed by atoms with Crippen LogP contribution in [0.2, 0.25) is 0 Å². The largest absolute Gasteiger partial charge is 0.375 e. The molecule has 0 saturated heterocycles. The van der Waals surface area contributed by atoms with Gasteiger partial charge in [0, 0.05) is 19.5 Å². The molecule has 2 aromatic carbocycles. The molecule has 0 radical (unpaired) electrons. The highest BCUT2D eigenvalue weighted by Crippen LogP contribution is 2.21. The number of rotatable bonds is 11. The Morgan fingerprint density at radius 1 is 1.11 bits per heavy atom. The van der Waals surface area contributed by atoms with Gasteiger partial charge < -0.3 is 10.1 Å². The molecule has 0 bridgehead atoms. The highest BCUT2D eigenvalue weighted by Gasteiger charge is 2.20. The number of carbonyl (C=O) groups is 1. The number of carbonyl (C=O) groups excluding carboxylic acids is 1. The zero-order valence-electron chi connectivity index (χ0n) is 15.8. The zero-order valence-corrected chi connectivity index (χ0v) is 16.6. The number of nitrogens with one attached hydrogen (secondary N) is 1. The lowest BCUT2D eigenvalue weighted by atomic mass is 10.2. The third kappa shape index (κ3) is 7.28. The lowest BCUT2D eigenvalue weighted by Gasteiger charge is -2.22. The highest BCUT2D eigenvalue weighted by atomic mass is 32.2. The number of anilines is 1. The molecule has 0 atom stereocenters. The van der Waals surface area contributed by atoms with Crippen LogP contribution in [0.4, 0.5) is 10.1 Å². The summed E-state index contributed by atoms with van der Waals surface area (Å²) in [5.41, 5.74) is 1.04. The fraction of sp³-hybridized carbons (Fsp3) is 0.350. The summed E-state index contributed by atoms with van der Waals surface area (Å²) in [5, 5.41) is 2.73. The van der Waals surface area contributed by atoms with Gasteiger partial charge in [0.25, 0.3) is 0 Å². The molecule has 0 saturated carbocycles. The van der Waals surface area contributed by atoms with Crippen molar-refractivity contribution in [2.45, 2.75) is 19.4 Å². The van der Waals surface area contributed by atoms with Crippen LogP contribution < -0.4 is 9.62 Å². The monoisotopic (exact) mass is 408 g/mol. The van der Waals surface area contributed by atoms with Gasteiger partial charge in [-0.1, -0.05) is 42.5 Å². The molecule has 0 aliphatic rings. The summed E-state index contributed by atoms with van der Waals surface area (Å²) in [6.07, 6.45) is 1.43. The molecular formula is C20H25FN2O4S. The first-order valence-corrected chi connectivity index (χ1v) is 10.8. The second kappa shape index (κ2) is 10.8. The van der Waals surface area contributed by atoms with E-state index in [9.17, 15) is 17.6 Å². The number of benzene rings is 2. The first-order chi connectivity index (χ1) is 13.4. The Morgan fingerprint density at radius 2 is 1.79 bits per heavy atom. The fourth-order valence-electron chi connectivity index (χ4n) is 2.62. The standard InChI is InChI=1S/C20H25FN2O4S/c1-28(25,26)23(19-11-6-5-10-18(19)21)14-7-12-20(24)22-13-15-27-16-17-8-3-2-4-9-17/h2-6,8-11H,7,12-16H2,1H3,(H,22,24). The third-order valence-electron chi connectivity index (χ3n) is 3.97. The van der Waals surface area contributed by atoms with Gasteiger partial charge in [-0.25, -0.2) is 12.8 Å². The molecule has 152 valence electrons. The molecule has 28 heavy (non-hydrogen) atoms. The van der Waals surface area contributed by atoms with Crippen molar-refractivity contribution in [2.24, 2.45) is 0 Å². The smallest absolute Gasteiger partial charge is 0.232 e. The number of sulfonamides is 1. The summed E-state index contributed by atoms with van der Waals surface area (Å²) in [7, 11) is -3.65. The van der Waals surface area contributed by atoms with Gasteiger partial charge in [-0.2, -0.15) is 0 Å². The van der Waals surface area contributed by atoms with E-state index in [0.717, 1.165) is 16.1 Å². The SMILES string of the molecule is CS(=O)(=O)N(CCCC(=O)NCCOCc1ccccc1)c1ccccc1F. The van der Waals surface area contributed by atoms with Gasteiger partial charge in [0.05, 0.1) is 25.2 Å². The van der Waals surface area contributed by atoms with Gasteiger partial charge in [0.15, 0.2) is 0 Å². The van der Waals surface area contributed by atoms with Crippen molar-refractivity contribution >= 4 is 21.6 Å². The van der Waals surface area contributed by atoms with Crippen molar-refractivity contribution < 1.29 is 22.3 Å². The van der Waals surface area contributed by atoms with Crippen LogP contribution in [0.25, 0.3) is 0 Å². The fourth-order valence-corrected chi connectivity index (χ4v) is 3.58. The average molecular weight is 408 g/mol. The quantitative estimate of drug-likeness (QED) is 0.580. The van der Waals surface area contributed by atoms with E-state index in [1.54, 1.807) is 6.07 Å². The Bertz CT molecular complexity index is 860. The zero-order chi connectivity index (χ0) is 20.4. The first-order valence-electron chi connectivity index (χ1n) is 8.98. The van der Waals surface area contributed by atoms with Crippen molar-refractivity contribution in [3.63, 3.8) is 0 Å². The van der Waals surface area contributed by atoms with Gasteiger partial charge in [0.2, 0.25) is 15.9 Å². The van der Waals surface area contributed by atoms with Crippen molar-refractivity contribution in [1.29, 1.82) is 0 Å². The predicted octanol–water partition coefficient (Wildman–Crippen LogP) is 2.70. The first kappa shape index (κ1) is 21.8. The molecule has 2 rings (SSSR count). The van der Waals surface area contributed by atoms with Crippen molar-refractivity contribution in [3.8, 4) is 0 Å². The van der Waals surface area contributed by atoms with E-state index in [1.165, 1.54) is 18.2 Å². The summed E-state index contributed by atoms with van der Waals surface area (Å²) in [6.45, 7) is 1.25. The minimum absolute atomic E-state index is 0.0141. The summed E-state index contributed by atoms with van der Waals surface area (Å²) in [4.78, 5) is 11.9. The normalized spacial score (nSPS) is 11.2. The van der Waals surface area contributed by atoms with Crippen LogP contribution in [-0.4, -0.2) is 40.3 Å². The minimum atomic E-state index is -3.65. The molecule has 0 unspecified atom stereocenters. The molecule has 0 heterocycles. The number of nitrogens with zero attached hydrogens (tertiary/aromatic N) is 1. The lowest BCUT2D eigenvalue weighted by molar-refractivity contribution is -0.121. The Morgan fingerprint density at radius 3 is 2.46 bits per heavy atom. The maximum Gasteiger partial charge on any atom is 0.232 e. The number of hydrogen-bond donors (Lipinski definition) is 1. The van der Waals surface area contributed by atoms with E-state index >= 15 is 0 Å². The van der Waals surface area contributed by atoms with Crippen LogP contribution in [0.15, 0.2) is 54.6 Å².